The van der Waals surface area contributed by atoms with Crippen molar-refractivity contribution in [1.29, 1.82) is 0 Å². The molecule has 0 aliphatic rings. The zero-order valence-corrected chi connectivity index (χ0v) is 18.5. The second kappa shape index (κ2) is 11.4. The molecule has 2 aromatic rings. The smallest absolute Gasteiger partial charge is 0.191 e. The highest BCUT2D eigenvalue weighted by molar-refractivity contribution is 14.0. The fourth-order valence-corrected chi connectivity index (χ4v) is 3.55. The van der Waals surface area contributed by atoms with Crippen molar-refractivity contribution in [2.45, 2.75) is 32.7 Å². The van der Waals surface area contributed by atoms with E-state index in [9.17, 15) is 0 Å². The fraction of sp³-hybridized carbons (Fsp3) is 0.421. The molecule has 25 heavy (non-hydrogen) atoms. The van der Waals surface area contributed by atoms with Crippen molar-refractivity contribution in [3.63, 3.8) is 0 Å². The first kappa shape index (κ1) is 21.8. The van der Waals surface area contributed by atoms with Gasteiger partial charge in [-0.1, -0.05) is 12.1 Å². The van der Waals surface area contributed by atoms with Crippen molar-refractivity contribution >= 4 is 41.3 Å². The van der Waals surface area contributed by atoms with Crippen LogP contribution in [-0.4, -0.2) is 32.7 Å². The molecule has 4 nitrogen and oxygen atoms in total. The van der Waals surface area contributed by atoms with Gasteiger partial charge in [-0.25, -0.2) is 0 Å². The Balaban J connectivity index is 0.00000312. The second-order valence-corrected chi connectivity index (χ2v) is 7.23. The Kier molecular flexibility index (Phi) is 9.89. The Labute approximate surface area is 172 Å². The summed E-state index contributed by atoms with van der Waals surface area (Å²) >= 11 is 1.86. The average Bonchev–Trinajstić information content (AvgIpc) is 2.98. The van der Waals surface area contributed by atoms with E-state index >= 15 is 0 Å². The summed E-state index contributed by atoms with van der Waals surface area (Å²) < 4.78 is 5.26. The largest absolute Gasteiger partial charge is 0.497 e. The third-order valence-electron chi connectivity index (χ3n) is 3.75. The van der Waals surface area contributed by atoms with Gasteiger partial charge >= 0.3 is 0 Å². The number of aliphatic imine (C=N–C) groups is 1. The van der Waals surface area contributed by atoms with Crippen molar-refractivity contribution in [1.82, 2.24) is 10.6 Å². The van der Waals surface area contributed by atoms with E-state index in [4.69, 9.17) is 4.74 Å². The molecular formula is C19H28IN3OS. The lowest BCUT2D eigenvalue weighted by Gasteiger charge is -2.17. The van der Waals surface area contributed by atoms with Crippen LogP contribution in [0.3, 0.4) is 0 Å². The number of ether oxygens (including phenoxy) is 1. The van der Waals surface area contributed by atoms with Crippen LogP contribution >= 0.6 is 35.3 Å². The number of benzene rings is 1. The predicted octanol–water partition coefficient (Wildman–Crippen LogP) is 4.02. The first-order chi connectivity index (χ1) is 11.6. The number of hydrogen-bond acceptors (Lipinski definition) is 3. The molecule has 0 fully saturated rings. The zero-order chi connectivity index (χ0) is 17.4. The van der Waals surface area contributed by atoms with Crippen LogP contribution in [-0.2, 0) is 12.8 Å². The van der Waals surface area contributed by atoms with Crippen LogP contribution in [0.5, 0.6) is 5.75 Å². The van der Waals surface area contributed by atoms with Crippen molar-refractivity contribution < 1.29 is 4.74 Å². The molecule has 2 rings (SSSR count). The summed E-state index contributed by atoms with van der Waals surface area (Å²) in [5.74, 6) is 1.74. The van der Waals surface area contributed by atoms with Gasteiger partial charge in [-0.05, 0) is 50.1 Å². The van der Waals surface area contributed by atoms with Gasteiger partial charge in [0, 0.05) is 35.8 Å². The van der Waals surface area contributed by atoms with Crippen molar-refractivity contribution in [3.05, 3.63) is 51.7 Å². The lowest BCUT2D eigenvalue weighted by molar-refractivity contribution is 0.414. The molecule has 0 amide bonds. The number of guanidine groups is 1. The summed E-state index contributed by atoms with van der Waals surface area (Å²) in [5, 5.41) is 6.83. The quantitative estimate of drug-likeness (QED) is 0.363. The standard InChI is InChI=1S/C19H27N3OS.HI/c1-14(12-18-9-8-15(2)24-18)22-19(20-3)21-11-10-16-6-5-7-17(13-16)23-4;/h5-9,13-14H,10-12H2,1-4H3,(H2,20,21,22);1H. The van der Waals surface area contributed by atoms with Gasteiger partial charge in [-0.15, -0.1) is 35.3 Å². The van der Waals surface area contributed by atoms with Crippen LogP contribution in [0.4, 0.5) is 0 Å². The average molecular weight is 473 g/mol. The molecule has 0 spiro atoms. The van der Waals surface area contributed by atoms with E-state index in [0.29, 0.717) is 6.04 Å². The van der Waals surface area contributed by atoms with Gasteiger partial charge in [0.1, 0.15) is 5.75 Å². The third-order valence-corrected chi connectivity index (χ3v) is 4.77. The minimum atomic E-state index is 0. The molecular weight excluding hydrogens is 445 g/mol. The lowest BCUT2D eigenvalue weighted by Crippen LogP contribution is -2.43. The summed E-state index contributed by atoms with van der Waals surface area (Å²) in [7, 11) is 3.50. The third kappa shape index (κ3) is 7.64. The van der Waals surface area contributed by atoms with Gasteiger partial charge in [0.05, 0.1) is 7.11 Å². The normalized spacial score (nSPS) is 12.2. The molecule has 0 radical (unpaired) electrons. The molecule has 2 N–H and O–H groups in total. The van der Waals surface area contributed by atoms with Crippen LogP contribution in [0.2, 0.25) is 0 Å². The molecule has 1 heterocycles. The Morgan fingerprint density at radius 1 is 1.28 bits per heavy atom. The summed E-state index contributed by atoms with van der Waals surface area (Å²) in [6.45, 7) is 5.16. The highest BCUT2D eigenvalue weighted by atomic mass is 127. The molecule has 0 bridgehead atoms. The van der Waals surface area contributed by atoms with Crippen molar-refractivity contribution in [2.24, 2.45) is 4.99 Å². The minimum absolute atomic E-state index is 0. The molecule has 0 saturated carbocycles. The van der Waals surface area contributed by atoms with Crippen LogP contribution < -0.4 is 15.4 Å². The zero-order valence-electron chi connectivity index (χ0n) is 15.3. The number of rotatable bonds is 7. The van der Waals surface area contributed by atoms with E-state index in [1.165, 1.54) is 15.3 Å². The van der Waals surface area contributed by atoms with Crippen LogP contribution in [0.1, 0.15) is 22.2 Å². The lowest BCUT2D eigenvalue weighted by atomic mass is 10.1. The van der Waals surface area contributed by atoms with E-state index in [-0.39, 0.29) is 24.0 Å². The Morgan fingerprint density at radius 3 is 2.72 bits per heavy atom. The summed E-state index contributed by atoms with van der Waals surface area (Å²) in [6, 6.07) is 12.9. The van der Waals surface area contributed by atoms with Crippen LogP contribution in [0.15, 0.2) is 41.4 Å². The number of hydrogen-bond donors (Lipinski definition) is 2. The predicted molar refractivity (Wildman–Crippen MR) is 119 cm³/mol. The summed E-state index contributed by atoms with van der Waals surface area (Å²) in [5.41, 5.74) is 1.25. The van der Waals surface area contributed by atoms with Crippen LogP contribution in [0, 0.1) is 6.92 Å². The van der Waals surface area contributed by atoms with E-state index < -0.39 is 0 Å². The highest BCUT2D eigenvalue weighted by Gasteiger charge is 2.07. The van der Waals surface area contributed by atoms with Gasteiger partial charge in [-0.3, -0.25) is 4.99 Å². The van der Waals surface area contributed by atoms with E-state index in [2.05, 4.69) is 53.7 Å². The number of aryl methyl sites for hydroxylation is 1. The summed E-state index contributed by atoms with van der Waals surface area (Å²) in [4.78, 5) is 7.07. The molecule has 0 aliphatic heterocycles. The molecule has 138 valence electrons. The Hall–Kier alpha value is -1.28. The van der Waals surface area contributed by atoms with Gasteiger partial charge in [-0.2, -0.15) is 0 Å². The second-order valence-electron chi connectivity index (χ2n) is 5.86. The van der Waals surface area contributed by atoms with Crippen molar-refractivity contribution in [2.75, 3.05) is 20.7 Å². The maximum absolute atomic E-state index is 5.26. The SMILES string of the molecule is CN=C(NCCc1cccc(OC)c1)NC(C)Cc1ccc(C)s1.I. The molecule has 6 heteroatoms. The summed E-state index contributed by atoms with van der Waals surface area (Å²) in [6.07, 6.45) is 1.94. The van der Waals surface area contributed by atoms with E-state index in [1.54, 1.807) is 7.11 Å². The molecule has 0 aliphatic carbocycles. The molecule has 1 unspecified atom stereocenters. The highest BCUT2D eigenvalue weighted by Crippen LogP contribution is 2.16. The Morgan fingerprint density at radius 2 is 2.08 bits per heavy atom. The first-order valence-electron chi connectivity index (χ1n) is 8.26. The fourth-order valence-electron chi connectivity index (χ4n) is 2.53. The van der Waals surface area contributed by atoms with Gasteiger partial charge in [0.15, 0.2) is 5.96 Å². The number of nitrogens with one attached hydrogen (secondary N) is 2. The first-order valence-corrected chi connectivity index (χ1v) is 9.07. The topological polar surface area (TPSA) is 45.7 Å². The monoisotopic (exact) mass is 473 g/mol. The van der Waals surface area contributed by atoms with Gasteiger partial charge in [0.25, 0.3) is 0 Å². The maximum Gasteiger partial charge on any atom is 0.191 e. The molecule has 1 atom stereocenters. The Bertz CT molecular complexity index is 672. The van der Waals surface area contributed by atoms with Crippen LogP contribution in [0.25, 0.3) is 0 Å². The number of methoxy groups -OCH3 is 1. The van der Waals surface area contributed by atoms with Gasteiger partial charge < -0.3 is 15.4 Å². The molecule has 1 aromatic carbocycles. The molecule has 0 saturated heterocycles. The van der Waals surface area contributed by atoms with E-state index in [0.717, 1.165) is 31.1 Å². The number of nitrogens with zero attached hydrogens (tertiary/aromatic N) is 1. The van der Waals surface area contributed by atoms with Crippen molar-refractivity contribution in [3.8, 4) is 5.75 Å². The van der Waals surface area contributed by atoms with Gasteiger partial charge in [0.2, 0.25) is 0 Å². The molecule has 1 aromatic heterocycles. The maximum atomic E-state index is 5.26. The number of thiophene rings is 1. The van der Waals surface area contributed by atoms with E-state index in [1.807, 2.05) is 30.5 Å². The number of halogens is 1. The minimum Gasteiger partial charge on any atom is -0.497 e.